The lowest BCUT2D eigenvalue weighted by Crippen LogP contribution is -1.88. The van der Waals surface area contributed by atoms with Crippen molar-refractivity contribution in [1.29, 1.82) is 10.5 Å². The van der Waals surface area contributed by atoms with Gasteiger partial charge < -0.3 is 0 Å². The molecule has 4 nitrogen and oxygen atoms in total. The van der Waals surface area contributed by atoms with Gasteiger partial charge in [-0.25, -0.2) is 9.69 Å². The molecule has 0 saturated heterocycles. The van der Waals surface area contributed by atoms with Crippen molar-refractivity contribution in [3.8, 4) is 56.6 Å². The largest absolute Gasteiger partial charge is 0.238 e. The Morgan fingerprint density at radius 1 is 0.434 bits per heavy atom. The lowest BCUT2D eigenvalue weighted by atomic mass is 9.89. The van der Waals surface area contributed by atoms with Gasteiger partial charge in [0.2, 0.25) is 0 Å². The van der Waals surface area contributed by atoms with Crippen LogP contribution in [0.1, 0.15) is 11.1 Å². The van der Waals surface area contributed by atoms with Crippen molar-refractivity contribution >= 4 is 64.4 Å². The van der Waals surface area contributed by atoms with Gasteiger partial charge in [-0.1, -0.05) is 109 Å². The second-order valence-electron chi connectivity index (χ2n) is 12.9. The second-order valence-corrected chi connectivity index (χ2v) is 13.9. The number of rotatable bonds is 4. The van der Waals surface area contributed by atoms with E-state index in [-0.39, 0.29) is 0 Å². The van der Waals surface area contributed by atoms with Crippen molar-refractivity contribution in [3.05, 3.63) is 180 Å². The minimum absolute atomic E-state index is 0.439. The van der Waals surface area contributed by atoms with E-state index in [9.17, 15) is 10.5 Å². The third-order valence-corrected chi connectivity index (χ3v) is 11.2. The molecule has 1 aromatic heterocycles. The van der Waals surface area contributed by atoms with Gasteiger partial charge in [-0.3, -0.25) is 0 Å². The Morgan fingerprint density at radius 3 is 1.21 bits per heavy atom. The standard InChI is InChI=1S/C48H24N4S/c1-51-35-23-29(27-49)21-33(25-35)37-13-3-9-31-11-5-15-39(45(31)37)41-17-7-19-43-44-20-8-18-42(48(44)53-47(41)43)40-16-6-12-32-10-4-14-38(46(32)40)34-22-30(28-50)24-36(26-34)52-2/h3-26H. The topological polar surface area (TPSA) is 56.3 Å². The molecule has 0 N–H and O–H groups in total. The number of thiophene rings is 1. The molecule has 0 unspecified atom stereocenters. The van der Waals surface area contributed by atoms with Crippen molar-refractivity contribution < 1.29 is 0 Å². The molecule has 0 amide bonds. The Hall–Kier alpha value is -7.54. The fourth-order valence-electron chi connectivity index (χ4n) is 7.65. The SMILES string of the molecule is [C-]#[N+]c1cc(C#N)cc(-c2cccc3cccc(-c4cccc5c4sc4c(-c6cccc7cccc(-c8cc(C#N)cc([N+]#[C-])c8)c67)cccc45)c23)c1. The van der Waals surface area contributed by atoms with Crippen molar-refractivity contribution in [2.24, 2.45) is 0 Å². The Balaban J connectivity index is 1.30. The summed E-state index contributed by atoms with van der Waals surface area (Å²) in [6, 6.07) is 53.4. The summed E-state index contributed by atoms with van der Waals surface area (Å²) in [7, 11) is 0. The van der Waals surface area contributed by atoms with Crippen LogP contribution in [0.2, 0.25) is 0 Å². The first-order valence-corrected chi connectivity index (χ1v) is 17.7. The highest BCUT2D eigenvalue weighted by Gasteiger charge is 2.19. The maximum atomic E-state index is 9.77. The molecule has 0 radical (unpaired) electrons. The summed E-state index contributed by atoms with van der Waals surface area (Å²) in [6.07, 6.45) is 0. The highest BCUT2D eigenvalue weighted by Crippen LogP contribution is 2.48. The van der Waals surface area contributed by atoms with E-state index in [1.54, 1.807) is 23.5 Å². The van der Waals surface area contributed by atoms with Crippen LogP contribution in [-0.4, -0.2) is 0 Å². The fourth-order valence-corrected chi connectivity index (χ4v) is 9.00. The molecule has 0 spiro atoms. The lowest BCUT2D eigenvalue weighted by Gasteiger charge is -2.14. The third-order valence-electron chi connectivity index (χ3n) is 9.89. The average molecular weight is 689 g/mol. The third kappa shape index (κ3) is 5.17. The first-order valence-electron chi connectivity index (χ1n) is 16.9. The van der Waals surface area contributed by atoms with E-state index in [0.717, 1.165) is 66.1 Å². The maximum absolute atomic E-state index is 9.77. The Kier molecular flexibility index (Phi) is 7.51. The van der Waals surface area contributed by atoms with Gasteiger partial charge in [-0.15, -0.1) is 11.3 Å². The summed E-state index contributed by atoms with van der Waals surface area (Å²) >= 11 is 1.78. The van der Waals surface area contributed by atoms with Crippen LogP contribution in [0, 0.1) is 35.8 Å². The molecule has 0 aliphatic carbocycles. The van der Waals surface area contributed by atoms with E-state index in [4.69, 9.17) is 13.1 Å². The highest BCUT2D eigenvalue weighted by atomic mass is 32.1. The average Bonchev–Trinajstić information content (AvgIpc) is 3.61. The molecule has 5 heteroatoms. The summed E-state index contributed by atoms with van der Waals surface area (Å²) in [5, 5.41) is 26.2. The zero-order valence-corrected chi connectivity index (χ0v) is 28.9. The highest BCUT2D eigenvalue weighted by molar-refractivity contribution is 7.27. The summed E-state index contributed by atoms with van der Waals surface area (Å²) in [5.41, 5.74) is 9.85. The van der Waals surface area contributed by atoms with E-state index in [2.05, 4.69) is 119 Å². The van der Waals surface area contributed by atoms with Crippen LogP contribution >= 0.6 is 11.3 Å². The first-order chi connectivity index (χ1) is 26.1. The van der Waals surface area contributed by atoms with Gasteiger partial charge in [-0.05, 0) is 91.3 Å². The van der Waals surface area contributed by atoms with Crippen molar-refractivity contribution in [2.45, 2.75) is 0 Å². The van der Waals surface area contributed by atoms with Gasteiger partial charge >= 0.3 is 0 Å². The van der Waals surface area contributed by atoms with E-state index >= 15 is 0 Å². The molecular weight excluding hydrogens is 665 g/mol. The second kappa shape index (κ2) is 12.7. The minimum Gasteiger partial charge on any atom is -0.238 e. The minimum atomic E-state index is 0.439. The number of nitrogens with zero attached hydrogens (tertiary/aromatic N) is 4. The smallest absolute Gasteiger partial charge is 0.189 e. The molecule has 0 atom stereocenters. The van der Waals surface area contributed by atoms with Gasteiger partial charge in [0, 0.05) is 42.4 Å². The Morgan fingerprint density at radius 2 is 0.811 bits per heavy atom. The van der Waals surface area contributed by atoms with Crippen LogP contribution in [0.3, 0.4) is 0 Å². The number of benzene rings is 8. The van der Waals surface area contributed by atoms with Crippen LogP contribution < -0.4 is 0 Å². The Labute approximate surface area is 309 Å². The molecule has 9 aromatic rings. The molecule has 242 valence electrons. The number of hydrogen-bond donors (Lipinski definition) is 0. The van der Waals surface area contributed by atoms with Gasteiger partial charge in [0.15, 0.2) is 11.4 Å². The summed E-state index contributed by atoms with van der Waals surface area (Å²) in [5.74, 6) is 0. The lowest BCUT2D eigenvalue weighted by molar-refractivity contribution is 1.49. The monoisotopic (exact) mass is 688 g/mol. The summed E-state index contributed by atoms with van der Waals surface area (Å²) < 4.78 is 2.35. The zero-order chi connectivity index (χ0) is 36.1. The molecule has 0 aliphatic heterocycles. The van der Waals surface area contributed by atoms with E-state index in [1.165, 1.54) is 20.2 Å². The molecule has 53 heavy (non-hydrogen) atoms. The number of hydrogen-bond acceptors (Lipinski definition) is 3. The van der Waals surface area contributed by atoms with Gasteiger partial charge in [0.25, 0.3) is 0 Å². The predicted molar refractivity (Wildman–Crippen MR) is 218 cm³/mol. The summed E-state index contributed by atoms with van der Waals surface area (Å²) in [4.78, 5) is 7.31. The van der Waals surface area contributed by atoms with Crippen LogP contribution in [0.25, 0.3) is 95.9 Å². The molecule has 1 heterocycles. The molecular formula is C48H24N4S. The van der Waals surface area contributed by atoms with Crippen molar-refractivity contribution in [3.63, 3.8) is 0 Å². The van der Waals surface area contributed by atoms with Crippen LogP contribution in [-0.2, 0) is 0 Å². The molecule has 8 aromatic carbocycles. The molecule has 0 bridgehead atoms. The van der Waals surface area contributed by atoms with Crippen LogP contribution in [0.4, 0.5) is 11.4 Å². The quantitative estimate of drug-likeness (QED) is 0.173. The Bertz CT molecular complexity index is 2890. The zero-order valence-electron chi connectivity index (χ0n) is 28.1. The van der Waals surface area contributed by atoms with Gasteiger partial charge in [0.05, 0.1) is 25.3 Å². The molecule has 0 fully saturated rings. The maximum Gasteiger partial charge on any atom is 0.189 e. The van der Waals surface area contributed by atoms with Gasteiger partial charge in [0.1, 0.15) is 0 Å². The molecule has 9 rings (SSSR count). The first kappa shape index (κ1) is 31.4. The van der Waals surface area contributed by atoms with E-state index in [0.29, 0.717) is 22.5 Å². The van der Waals surface area contributed by atoms with Crippen LogP contribution in [0.15, 0.2) is 146 Å². The van der Waals surface area contributed by atoms with E-state index < -0.39 is 0 Å². The number of fused-ring (bicyclic) bond motifs is 5. The molecule has 0 aliphatic rings. The normalized spacial score (nSPS) is 10.9. The van der Waals surface area contributed by atoms with Crippen molar-refractivity contribution in [2.75, 3.05) is 0 Å². The molecule has 0 saturated carbocycles. The van der Waals surface area contributed by atoms with Crippen molar-refractivity contribution in [1.82, 2.24) is 0 Å². The fraction of sp³-hybridized carbons (Fsp3) is 0. The van der Waals surface area contributed by atoms with Gasteiger partial charge in [-0.2, -0.15) is 10.5 Å². The number of nitriles is 2. The van der Waals surface area contributed by atoms with E-state index in [1.807, 2.05) is 36.4 Å². The predicted octanol–water partition coefficient (Wildman–Crippen LogP) is 13.9. The summed E-state index contributed by atoms with van der Waals surface area (Å²) in [6.45, 7) is 15.3. The van der Waals surface area contributed by atoms with Crippen LogP contribution in [0.5, 0.6) is 0 Å².